The fraction of sp³-hybridized carbons (Fsp3) is 0.238. The molecule has 7 heteroatoms. The second-order valence-corrected chi connectivity index (χ2v) is 9.28. The average molecular weight is 458 g/mol. The average Bonchev–Trinajstić information content (AvgIpc) is 3.36. The Hall–Kier alpha value is -2.12. The fourth-order valence-corrected chi connectivity index (χ4v) is 5.20. The molecule has 2 aromatic heterocycles. The first-order valence-electron chi connectivity index (χ1n) is 9.07. The van der Waals surface area contributed by atoms with Gasteiger partial charge < -0.3 is 9.32 Å². The summed E-state index contributed by atoms with van der Waals surface area (Å²) in [6.07, 6.45) is 1.79. The van der Waals surface area contributed by atoms with Crippen molar-refractivity contribution in [1.29, 1.82) is 0 Å². The molecule has 1 fully saturated rings. The van der Waals surface area contributed by atoms with Crippen LogP contribution in [0.1, 0.15) is 30.5 Å². The summed E-state index contributed by atoms with van der Waals surface area (Å²) in [5.74, 6) is 0.986. The van der Waals surface area contributed by atoms with E-state index in [1.165, 1.54) is 6.07 Å². The van der Waals surface area contributed by atoms with Crippen molar-refractivity contribution in [3.8, 4) is 11.3 Å². The number of pyridine rings is 1. The maximum absolute atomic E-state index is 14.4. The van der Waals surface area contributed by atoms with E-state index in [-0.39, 0.29) is 17.9 Å². The summed E-state index contributed by atoms with van der Waals surface area (Å²) in [7, 11) is 0. The maximum Gasteiger partial charge on any atom is 0.161 e. The molecule has 0 radical (unpaired) electrons. The summed E-state index contributed by atoms with van der Waals surface area (Å²) in [6, 6.07) is 14.4. The van der Waals surface area contributed by atoms with E-state index in [2.05, 4.69) is 32.7 Å². The molecular formula is C21H17BrFN3OS. The van der Waals surface area contributed by atoms with Crippen molar-refractivity contribution >= 4 is 32.9 Å². The molecule has 0 aliphatic carbocycles. The SMILES string of the molecule is C[C@@H]1CN2C(=N[C@@H](c3ccccn3)[C@@H]2c2ccc(-c3ccc(Br)cc3F)o2)S1. The largest absolute Gasteiger partial charge is 0.459 e. The first kappa shape index (κ1) is 17.9. The zero-order chi connectivity index (χ0) is 19.3. The molecule has 28 heavy (non-hydrogen) atoms. The zero-order valence-electron chi connectivity index (χ0n) is 15.0. The number of nitrogens with zero attached hydrogens (tertiary/aromatic N) is 3. The van der Waals surface area contributed by atoms with Crippen LogP contribution in [0.4, 0.5) is 4.39 Å². The van der Waals surface area contributed by atoms with Gasteiger partial charge in [0.1, 0.15) is 29.4 Å². The molecule has 2 aliphatic rings. The molecule has 4 heterocycles. The first-order valence-corrected chi connectivity index (χ1v) is 10.7. The number of hydrogen-bond acceptors (Lipinski definition) is 5. The van der Waals surface area contributed by atoms with Gasteiger partial charge in [-0.15, -0.1) is 0 Å². The molecule has 0 amide bonds. The van der Waals surface area contributed by atoms with Gasteiger partial charge in [-0.3, -0.25) is 4.98 Å². The van der Waals surface area contributed by atoms with E-state index in [1.807, 2.05) is 36.4 Å². The molecule has 0 spiro atoms. The Kier molecular flexibility index (Phi) is 4.51. The molecule has 2 aliphatic heterocycles. The highest BCUT2D eigenvalue weighted by Gasteiger charge is 2.45. The predicted octanol–water partition coefficient (Wildman–Crippen LogP) is 5.83. The molecule has 1 saturated heterocycles. The van der Waals surface area contributed by atoms with Crippen LogP contribution < -0.4 is 0 Å². The monoisotopic (exact) mass is 457 g/mol. The van der Waals surface area contributed by atoms with E-state index in [4.69, 9.17) is 9.41 Å². The topological polar surface area (TPSA) is 41.6 Å². The van der Waals surface area contributed by atoms with Crippen LogP contribution in [0.5, 0.6) is 0 Å². The molecule has 0 saturated carbocycles. The standard InChI is InChI=1S/C21H17BrFN3OS/c1-12-11-26-20(19(25-21(26)28-12)16-4-2-3-9-24-16)18-8-7-17(27-18)14-6-5-13(22)10-15(14)23/h2-10,12,19-20H,11H2,1H3/t12-,19+,20+/m1/s1. The molecule has 0 unspecified atom stereocenters. The van der Waals surface area contributed by atoms with Crippen LogP contribution in [0.2, 0.25) is 0 Å². The van der Waals surface area contributed by atoms with Crippen molar-refractivity contribution in [2.45, 2.75) is 24.3 Å². The molecule has 3 atom stereocenters. The number of aliphatic imine (C=N–C) groups is 1. The summed E-state index contributed by atoms with van der Waals surface area (Å²) < 4.78 is 21.3. The highest BCUT2D eigenvalue weighted by atomic mass is 79.9. The van der Waals surface area contributed by atoms with Gasteiger partial charge >= 0.3 is 0 Å². The van der Waals surface area contributed by atoms with E-state index >= 15 is 0 Å². The van der Waals surface area contributed by atoms with Gasteiger partial charge in [0.25, 0.3) is 0 Å². The third-order valence-corrected chi connectivity index (χ3v) is 6.59. The summed E-state index contributed by atoms with van der Waals surface area (Å²) in [5.41, 5.74) is 1.36. The van der Waals surface area contributed by atoms with Crippen LogP contribution >= 0.6 is 27.7 Å². The Bertz CT molecular complexity index is 1050. The summed E-state index contributed by atoms with van der Waals surface area (Å²) in [4.78, 5) is 11.8. The summed E-state index contributed by atoms with van der Waals surface area (Å²) in [5, 5.41) is 1.50. The van der Waals surface area contributed by atoms with Gasteiger partial charge in [-0.05, 0) is 42.5 Å². The molecule has 1 aromatic carbocycles. The molecule has 0 bridgehead atoms. The van der Waals surface area contributed by atoms with E-state index in [0.29, 0.717) is 21.0 Å². The summed E-state index contributed by atoms with van der Waals surface area (Å²) >= 11 is 5.08. The van der Waals surface area contributed by atoms with Crippen LogP contribution in [0.3, 0.4) is 0 Å². The van der Waals surface area contributed by atoms with E-state index in [1.54, 1.807) is 24.0 Å². The number of fused-ring (bicyclic) bond motifs is 1. The molecule has 142 valence electrons. The van der Waals surface area contributed by atoms with E-state index < -0.39 is 0 Å². The molecular weight excluding hydrogens is 441 g/mol. The number of aromatic nitrogens is 1. The zero-order valence-corrected chi connectivity index (χ0v) is 17.5. The first-order chi connectivity index (χ1) is 13.6. The number of benzene rings is 1. The minimum Gasteiger partial charge on any atom is -0.459 e. The Labute approximate surface area is 175 Å². The van der Waals surface area contributed by atoms with Crippen molar-refractivity contribution in [2.24, 2.45) is 4.99 Å². The van der Waals surface area contributed by atoms with Crippen molar-refractivity contribution in [1.82, 2.24) is 9.88 Å². The van der Waals surface area contributed by atoms with Gasteiger partial charge in [-0.2, -0.15) is 0 Å². The Morgan fingerprint density at radius 1 is 1.21 bits per heavy atom. The molecule has 3 aromatic rings. The van der Waals surface area contributed by atoms with Crippen molar-refractivity contribution in [3.05, 3.63) is 76.5 Å². The second kappa shape index (κ2) is 7.04. The van der Waals surface area contributed by atoms with Crippen molar-refractivity contribution in [3.63, 3.8) is 0 Å². The van der Waals surface area contributed by atoms with Crippen LogP contribution in [-0.4, -0.2) is 26.8 Å². The number of furan rings is 1. The quantitative estimate of drug-likeness (QED) is 0.495. The van der Waals surface area contributed by atoms with Crippen LogP contribution in [0.15, 0.2) is 68.6 Å². The number of halogens is 2. The van der Waals surface area contributed by atoms with E-state index in [9.17, 15) is 4.39 Å². The number of hydrogen-bond donors (Lipinski definition) is 0. The van der Waals surface area contributed by atoms with Gasteiger partial charge in [0, 0.05) is 22.5 Å². The lowest BCUT2D eigenvalue weighted by Crippen LogP contribution is -2.28. The number of thioether (sulfide) groups is 1. The van der Waals surface area contributed by atoms with Gasteiger partial charge in [0.05, 0.1) is 11.3 Å². The third kappa shape index (κ3) is 3.06. The number of amidine groups is 1. The van der Waals surface area contributed by atoms with Gasteiger partial charge in [-0.25, -0.2) is 9.38 Å². The van der Waals surface area contributed by atoms with Crippen molar-refractivity contribution < 1.29 is 8.81 Å². The highest BCUT2D eigenvalue weighted by molar-refractivity contribution is 9.10. The fourth-order valence-electron chi connectivity index (χ4n) is 3.77. The second-order valence-electron chi connectivity index (χ2n) is 6.96. The van der Waals surface area contributed by atoms with Gasteiger partial charge in [0.2, 0.25) is 0 Å². The normalized spacial score (nSPS) is 23.8. The van der Waals surface area contributed by atoms with Crippen LogP contribution in [0.25, 0.3) is 11.3 Å². The maximum atomic E-state index is 14.4. The summed E-state index contributed by atoms with van der Waals surface area (Å²) in [6.45, 7) is 3.10. The van der Waals surface area contributed by atoms with Crippen LogP contribution in [-0.2, 0) is 0 Å². The lowest BCUT2D eigenvalue weighted by molar-refractivity contribution is 0.277. The Balaban J connectivity index is 1.54. The van der Waals surface area contributed by atoms with Crippen molar-refractivity contribution in [2.75, 3.05) is 6.54 Å². The number of rotatable bonds is 3. The Morgan fingerprint density at radius 2 is 2.11 bits per heavy atom. The Morgan fingerprint density at radius 3 is 2.89 bits per heavy atom. The lowest BCUT2D eigenvalue weighted by atomic mass is 10.0. The minimum absolute atomic E-state index is 0.0744. The van der Waals surface area contributed by atoms with E-state index in [0.717, 1.165) is 23.2 Å². The highest BCUT2D eigenvalue weighted by Crippen LogP contribution is 2.48. The van der Waals surface area contributed by atoms with Gasteiger partial charge in [-0.1, -0.05) is 40.7 Å². The lowest BCUT2D eigenvalue weighted by Gasteiger charge is -2.25. The molecule has 4 nitrogen and oxygen atoms in total. The smallest absolute Gasteiger partial charge is 0.161 e. The minimum atomic E-state index is -0.315. The van der Waals surface area contributed by atoms with Crippen LogP contribution in [0, 0.1) is 5.82 Å². The van der Waals surface area contributed by atoms with Gasteiger partial charge in [0.15, 0.2) is 5.17 Å². The third-order valence-electron chi connectivity index (χ3n) is 5.00. The predicted molar refractivity (Wildman–Crippen MR) is 113 cm³/mol. The molecule has 0 N–H and O–H groups in total. The molecule has 5 rings (SSSR count).